The summed E-state index contributed by atoms with van der Waals surface area (Å²) in [6.45, 7) is 5.38. The number of thioether (sulfide) groups is 2. The summed E-state index contributed by atoms with van der Waals surface area (Å²) in [5, 5.41) is 12.2. The molecule has 2 heterocycles. The van der Waals surface area contributed by atoms with Crippen molar-refractivity contribution in [1.29, 1.82) is 0 Å². The van der Waals surface area contributed by atoms with E-state index < -0.39 is 0 Å². The molecule has 4 heteroatoms. The lowest BCUT2D eigenvalue weighted by molar-refractivity contribution is 0.167. The number of aliphatic hydroxyl groups excluding tert-OH is 1. The highest BCUT2D eigenvalue weighted by Crippen LogP contribution is 2.37. The summed E-state index contributed by atoms with van der Waals surface area (Å²) in [5.41, 5.74) is 2.65. The molecule has 1 fully saturated rings. The highest BCUT2D eigenvalue weighted by atomic mass is 32.2. The maximum atomic E-state index is 10.5. The summed E-state index contributed by atoms with van der Waals surface area (Å²) in [6.07, 6.45) is 2.65. The smallest absolute Gasteiger partial charge is 0.122 e. The molecule has 2 nitrogen and oxygen atoms in total. The number of aryl methyl sites for hydroxylation is 1. The topological polar surface area (TPSA) is 29.5 Å². The third-order valence-corrected chi connectivity index (χ3v) is 8.02. The summed E-state index contributed by atoms with van der Waals surface area (Å²) in [4.78, 5) is 0. The molecule has 116 valence electrons. The molecular weight excluding hydrogens is 300 g/mol. The van der Waals surface area contributed by atoms with Crippen molar-refractivity contribution in [3.8, 4) is 5.75 Å². The van der Waals surface area contributed by atoms with Gasteiger partial charge in [0.25, 0.3) is 0 Å². The van der Waals surface area contributed by atoms with Gasteiger partial charge in [-0.15, -0.1) is 0 Å². The molecule has 0 spiro atoms. The number of benzene rings is 1. The zero-order valence-corrected chi connectivity index (χ0v) is 14.4. The first-order chi connectivity index (χ1) is 10.1. The van der Waals surface area contributed by atoms with Crippen molar-refractivity contribution in [2.75, 3.05) is 12.4 Å². The van der Waals surface area contributed by atoms with Crippen LogP contribution >= 0.6 is 23.5 Å². The fourth-order valence-electron chi connectivity index (χ4n) is 2.91. The number of hydrogen-bond donors (Lipinski definition) is 1. The first-order valence-electron chi connectivity index (χ1n) is 7.83. The molecule has 1 aromatic carbocycles. The van der Waals surface area contributed by atoms with Crippen LogP contribution in [0.3, 0.4) is 0 Å². The van der Waals surface area contributed by atoms with Crippen LogP contribution in [0.25, 0.3) is 0 Å². The van der Waals surface area contributed by atoms with Crippen molar-refractivity contribution >= 4 is 23.5 Å². The van der Waals surface area contributed by atoms with E-state index in [1.54, 1.807) is 0 Å². The van der Waals surface area contributed by atoms with Crippen LogP contribution in [0.2, 0.25) is 0 Å². The molecule has 2 aliphatic heterocycles. The molecule has 1 saturated heterocycles. The monoisotopic (exact) mass is 324 g/mol. The van der Waals surface area contributed by atoms with E-state index in [1.165, 1.54) is 11.1 Å². The summed E-state index contributed by atoms with van der Waals surface area (Å²) in [6, 6.07) is 6.48. The van der Waals surface area contributed by atoms with Crippen molar-refractivity contribution in [3.05, 3.63) is 29.3 Å². The van der Waals surface area contributed by atoms with E-state index in [-0.39, 0.29) is 6.10 Å². The molecule has 21 heavy (non-hydrogen) atoms. The first-order valence-corrected chi connectivity index (χ1v) is 9.82. The molecule has 0 aliphatic carbocycles. The van der Waals surface area contributed by atoms with E-state index in [0.29, 0.717) is 15.7 Å². The summed E-state index contributed by atoms with van der Waals surface area (Å²) in [7, 11) is 0. The lowest BCUT2D eigenvalue weighted by Crippen LogP contribution is -2.34. The van der Waals surface area contributed by atoms with E-state index in [4.69, 9.17) is 4.74 Å². The average Bonchev–Trinajstić information content (AvgIpc) is 2.95. The third-order valence-electron chi connectivity index (χ3n) is 4.49. The van der Waals surface area contributed by atoms with Crippen LogP contribution < -0.4 is 4.74 Å². The van der Waals surface area contributed by atoms with Crippen molar-refractivity contribution in [3.63, 3.8) is 0 Å². The van der Waals surface area contributed by atoms with Crippen LogP contribution in [0.5, 0.6) is 5.75 Å². The Morgan fingerprint density at radius 3 is 3.00 bits per heavy atom. The summed E-state index contributed by atoms with van der Waals surface area (Å²) >= 11 is 3.97. The fourth-order valence-corrected chi connectivity index (χ4v) is 5.96. The van der Waals surface area contributed by atoms with Crippen LogP contribution in [0.15, 0.2) is 18.2 Å². The Hall–Kier alpha value is -0.320. The standard InChI is InChI=1S/C17H24O2S2/c1-11-12(2)21-17(10-20-11)15(18)5-3-13-4-6-16-14(9-13)7-8-19-16/h4,6,9,11-12,15,17-18H,3,5,7-8,10H2,1-2H3. The largest absolute Gasteiger partial charge is 0.493 e. The SMILES string of the molecule is CC1SCC(C(O)CCc2ccc3c(c2)CCO3)SC1C. The van der Waals surface area contributed by atoms with Crippen LogP contribution in [-0.4, -0.2) is 39.3 Å². The van der Waals surface area contributed by atoms with Gasteiger partial charge in [-0.2, -0.15) is 23.5 Å². The van der Waals surface area contributed by atoms with Gasteiger partial charge in [-0.05, 0) is 30.0 Å². The lowest BCUT2D eigenvalue weighted by atomic mass is 10.0. The third kappa shape index (κ3) is 3.72. The number of rotatable bonds is 4. The minimum absolute atomic E-state index is 0.193. The van der Waals surface area contributed by atoms with E-state index in [0.717, 1.165) is 37.4 Å². The molecule has 0 bridgehead atoms. The van der Waals surface area contributed by atoms with E-state index in [9.17, 15) is 5.11 Å². The molecule has 4 atom stereocenters. The van der Waals surface area contributed by atoms with Gasteiger partial charge in [0.1, 0.15) is 5.75 Å². The van der Waals surface area contributed by atoms with Crippen molar-refractivity contribution in [2.24, 2.45) is 0 Å². The number of ether oxygens (including phenoxy) is 1. The van der Waals surface area contributed by atoms with Crippen molar-refractivity contribution in [2.45, 2.75) is 55.0 Å². The minimum atomic E-state index is -0.193. The Balaban J connectivity index is 1.52. The Bertz CT molecular complexity index is 492. The first kappa shape index (κ1) is 15.6. The van der Waals surface area contributed by atoms with E-state index in [1.807, 2.05) is 23.5 Å². The van der Waals surface area contributed by atoms with Gasteiger partial charge in [0.05, 0.1) is 12.7 Å². The quantitative estimate of drug-likeness (QED) is 0.917. The number of fused-ring (bicyclic) bond motifs is 1. The maximum absolute atomic E-state index is 10.5. The Morgan fingerprint density at radius 1 is 1.33 bits per heavy atom. The second-order valence-corrected chi connectivity index (χ2v) is 9.10. The predicted molar refractivity (Wildman–Crippen MR) is 92.7 cm³/mol. The zero-order chi connectivity index (χ0) is 14.8. The van der Waals surface area contributed by atoms with Gasteiger partial charge in [0.2, 0.25) is 0 Å². The van der Waals surface area contributed by atoms with Gasteiger partial charge in [-0.3, -0.25) is 0 Å². The van der Waals surface area contributed by atoms with Crippen LogP contribution in [0.4, 0.5) is 0 Å². The predicted octanol–water partition coefficient (Wildman–Crippen LogP) is 3.54. The minimum Gasteiger partial charge on any atom is -0.493 e. The van der Waals surface area contributed by atoms with Gasteiger partial charge < -0.3 is 9.84 Å². The second kappa shape index (κ2) is 6.84. The molecular formula is C17H24O2S2. The van der Waals surface area contributed by atoms with E-state index >= 15 is 0 Å². The van der Waals surface area contributed by atoms with Gasteiger partial charge in [0, 0.05) is 27.9 Å². The van der Waals surface area contributed by atoms with Crippen LogP contribution in [0.1, 0.15) is 31.4 Å². The van der Waals surface area contributed by atoms with Crippen molar-refractivity contribution < 1.29 is 9.84 Å². The Labute approximate surface area is 136 Å². The lowest BCUT2D eigenvalue weighted by Gasteiger charge is -2.33. The summed E-state index contributed by atoms with van der Waals surface area (Å²) < 4.78 is 5.54. The molecule has 1 N–H and O–H groups in total. The van der Waals surface area contributed by atoms with Crippen LogP contribution in [0, 0.1) is 0 Å². The second-order valence-electron chi connectivity index (χ2n) is 6.06. The van der Waals surface area contributed by atoms with Gasteiger partial charge in [-0.1, -0.05) is 26.0 Å². The zero-order valence-electron chi connectivity index (χ0n) is 12.7. The Kier molecular flexibility index (Phi) is 5.07. The van der Waals surface area contributed by atoms with E-state index in [2.05, 4.69) is 32.0 Å². The van der Waals surface area contributed by atoms with Crippen LogP contribution in [-0.2, 0) is 12.8 Å². The van der Waals surface area contributed by atoms with Gasteiger partial charge in [0.15, 0.2) is 0 Å². The molecule has 2 aliphatic rings. The van der Waals surface area contributed by atoms with Gasteiger partial charge in [-0.25, -0.2) is 0 Å². The molecule has 0 saturated carbocycles. The normalized spacial score (nSPS) is 29.8. The Morgan fingerprint density at radius 2 is 2.19 bits per heavy atom. The highest BCUT2D eigenvalue weighted by molar-refractivity contribution is 8.07. The number of hydrogen-bond acceptors (Lipinski definition) is 4. The molecule has 0 aromatic heterocycles. The highest BCUT2D eigenvalue weighted by Gasteiger charge is 2.30. The molecule has 3 rings (SSSR count). The molecule has 0 amide bonds. The average molecular weight is 325 g/mol. The molecule has 4 unspecified atom stereocenters. The summed E-state index contributed by atoms with van der Waals surface area (Å²) in [5.74, 6) is 2.12. The van der Waals surface area contributed by atoms with Gasteiger partial charge >= 0.3 is 0 Å². The molecule has 1 aromatic rings. The van der Waals surface area contributed by atoms with Crippen molar-refractivity contribution in [1.82, 2.24) is 0 Å². The maximum Gasteiger partial charge on any atom is 0.122 e. The number of aliphatic hydroxyl groups is 1. The fraction of sp³-hybridized carbons (Fsp3) is 0.647. The molecule has 0 radical (unpaired) electrons.